The average molecular weight is 253 g/mol. The van der Waals surface area contributed by atoms with Gasteiger partial charge in [-0.25, -0.2) is 4.63 Å². The molecule has 1 unspecified atom stereocenters. The van der Waals surface area contributed by atoms with Crippen molar-refractivity contribution in [1.29, 1.82) is 0 Å². The van der Waals surface area contributed by atoms with Crippen LogP contribution in [-0.4, -0.2) is 46.2 Å². The number of rotatable bonds is 4. The Balaban J connectivity index is 1.88. The van der Waals surface area contributed by atoms with Gasteiger partial charge in [0.2, 0.25) is 17.4 Å². The Hall–Kier alpha value is -2.12. The van der Waals surface area contributed by atoms with E-state index >= 15 is 0 Å². The van der Waals surface area contributed by atoms with E-state index in [1.54, 1.807) is 4.90 Å². The van der Waals surface area contributed by atoms with Crippen LogP contribution in [0.1, 0.15) is 30.3 Å². The number of carbonyl (C=O) groups excluding carboxylic acids is 2. The van der Waals surface area contributed by atoms with Crippen molar-refractivity contribution in [3.05, 3.63) is 5.69 Å². The molecule has 8 heteroatoms. The smallest absolute Gasteiger partial charge is 0.277 e. The van der Waals surface area contributed by atoms with Crippen molar-refractivity contribution < 1.29 is 14.2 Å². The number of anilines is 1. The highest BCUT2D eigenvalue weighted by molar-refractivity contribution is 5.96. The largest absolute Gasteiger partial charge is 0.379 e. The predicted octanol–water partition coefficient (Wildman–Crippen LogP) is -0.607. The minimum absolute atomic E-state index is 0.0328. The van der Waals surface area contributed by atoms with Crippen LogP contribution in [0.3, 0.4) is 0 Å². The first-order chi connectivity index (χ1) is 8.58. The zero-order valence-corrected chi connectivity index (χ0v) is 10.0. The number of likely N-dealkylation sites (tertiary alicyclic amines) is 1. The molecular formula is C10H15N5O3. The molecule has 2 heterocycles. The summed E-state index contributed by atoms with van der Waals surface area (Å²) in [5.74, 6) is -0.372. The number of nitrogens with two attached hydrogens (primary N) is 1. The van der Waals surface area contributed by atoms with Gasteiger partial charge >= 0.3 is 0 Å². The van der Waals surface area contributed by atoms with Gasteiger partial charge in [-0.1, -0.05) is 0 Å². The number of nitrogens with zero attached hydrogens (tertiary/aromatic N) is 3. The van der Waals surface area contributed by atoms with Crippen LogP contribution in [-0.2, 0) is 4.79 Å². The normalized spacial score (nSPS) is 16.9. The molecule has 1 saturated heterocycles. The van der Waals surface area contributed by atoms with Gasteiger partial charge in [0.05, 0.1) is 0 Å². The van der Waals surface area contributed by atoms with Crippen molar-refractivity contribution in [2.75, 3.05) is 18.8 Å². The monoisotopic (exact) mass is 253 g/mol. The predicted molar refractivity (Wildman–Crippen MR) is 61.5 cm³/mol. The van der Waals surface area contributed by atoms with E-state index in [0.29, 0.717) is 13.0 Å². The molecule has 98 valence electrons. The molecule has 0 saturated carbocycles. The van der Waals surface area contributed by atoms with Gasteiger partial charge in [0, 0.05) is 25.6 Å². The van der Waals surface area contributed by atoms with E-state index in [1.165, 1.54) is 0 Å². The third-order valence-electron chi connectivity index (χ3n) is 2.77. The van der Waals surface area contributed by atoms with E-state index in [1.807, 2.05) is 6.92 Å². The lowest BCUT2D eigenvalue weighted by Crippen LogP contribution is -2.42. The molecule has 0 radical (unpaired) electrons. The fourth-order valence-electron chi connectivity index (χ4n) is 1.92. The SMILES string of the molecule is CC(CN1CCCC1=O)NC(=O)c1nonc1N. The average Bonchev–Trinajstić information content (AvgIpc) is 2.88. The molecule has 1 aliphatic heterocycles. The lowest BCUT2D eigenvalue weighted by molar-refractivity contribution is -0.127. The Bertz CT molecular complexity index is 458. The molecule has 0 spiro atoms. The van der Waals surface area contributed by atoms with E-state index in [9.17, 15) is 9.59 Å². The molecule has 2 amide bonds. The van der Waals surface area contributed by atoms with E-state index in [2.05, 4.69) is 20.3 Å². The standard InChI is InChI=1S/C10H15N5O3/c1-6(5-15-4-2-3-7(15)16)12-10(17)8-9(11)14-18-13-8/h6H,2-5H2,1H3,(H2,11,14)(H,12,17). The maximum Gasteiger partial charge on any atom is 0.277 e. The fraction of sp³-hybridized carbons (Fsp3) is 0.600. The van der Waals surface area contributed by atoms with E-state index in [0.717, 1.165) is 13.0 Å². The number of amides is 2. The Kier molecular flexibility index (Phi) is 3.45. The molecule has 0 bridgehead atoms. The third kappa shape index (κ3) is 2.58. The van der Waals surface area contributed by atoms with Crippen LogP contribution in [0.4, 0.5) is 5.82 Å². The van der Waals surface area contributed by atoms with E-state index in [4.69, 9.17) is 5.73 Å². The Morgan fingerprint density at radius 2 is 2.39 bits per heavy atom. The summed E-state index contributed by atoms with van der Waals surface area (Å²) in [7, 11) is 0. The van der Waals surface area contributed by atoms with Crippen LogP contribution in [0, 0.1) is 0 Å². The van der Waals surface area contributed by atoms with Crippen LogP contribution in [0.25, 0.3) is 0 Å². The first kappa shape index (κ1) is 12.3. The molecule has 1 fully saturated rings. The van der Waals surface area contributed by atoms with Gasteiger partial charge in [-0.2, -0.15) is 0 Å². The first-order valence-electron chi connectivity index (χ1n) is 5.74. The van der Waals surface area contributed by atoms with Crippen LogP contribution in [0.15, 0.2) is 4.63 Å². The Morgan fingerprint density at radius 3 is 2.94 bits per heavy atom. The summed E-state index contributed by atoms with van der Waals surface area (Å²) < 4.78 is 4.35. The molecule has 0 aromatic carbocycles. The van der Waals surface area contributed by atoms with Crippen LogP contribution < -0.4 is 11.1 Å². The molecule has 2 rings (SSSR count). The second-order valence-electron chi connectivity index (χ2n) is 4.32. The summed E-state index contributed by atoms with van der Waals surface area (Å²) in [5, 5.41) is 9.43. The molecule has 1 atom stereocenters. The van der Waals surface area contributed by atoms with Gasteiger partial charge in [0.25, 0.3) is 5.91 Å². The molecule has 0 aliphatic carbocycles. The van der Waals surface area contributed by atoms with Gasteiger partial charge < -0.3 is 16.0 Å². The van der Waals surface area contributed by atoms with Crippen molar-refractivity contribution in [1.82, 2.24) is 20.5 Å². The Labute approximate surface area is 103 Å². The number of carbonyl (C=O) groups is 2. The number of nitrogens with one attached hydrogen (secondary N) is 1. The minimum Gasteiger partial charge on any atom is -0.379 e. The molecule has 3 N–H and O–H groups in total. The third-order valence-corrected chi connectivity index (χ3v) is 2.77. The maximum absolute atomic E-state index is 11.7. The van der Waals surface area contributed by atoms with Gasteiger partial charge in [-0.3, -0.25) is 9.59 Å². The van der Waals surface area contributed by atoms with Gasteiger partial charge in [-0.05, 0) is 23.7 Å². The minimum atomic E-state index is -0.451. The maximum atomic E-state index is 11.7. The molecule has 1 aromatic rings. The van der Waals surface area contributed by atoms with Gasteiger partial charge in [0.15, 0.2) is 0 Å². The second-order valence-corrected chi connectivity index (χ2v) is 4.32. The summed E-state index contributed by atoms with van der Waals surface area (Å²) in [4.78, 5) is 24.9. The van der Waals surface area contributed by atoms with Crippen molar-refractivity contribution in [3.63, 3.8) is 0 Å². The van der Waals surface area contributed by atoms with Gasteiger partial charge in [0.1, 0.15) is 0 Å². The molecule has 1 aliphatic rings. The van der Waals surface area contributed by atoms with Crippen molar-refractivity contribution in [3.8, 4) is 0 Å². The summed E-state index contributed by atoms with van der Waals surface area (Å²) in [6.45, 7) is 3.04. The van der Waals surface area contributed by atoms with Crippen molar-refractivity contribution in [2.24, 2.45) is 0 Å². The van der Waals surface area contributed by atoms with Gasteiger partial charge in [-0.15, -0.1) is 0 Å². The van der Waals surface area contributed by atoms with Crippen LogP contribution in [0.5, 0.6) is 0 Å². The number of nitrogen functional groups attached to an aromatic ring is 1. The molecule has 8 nitrogen and oxygen atoms in total. The number of aromatic nitrogens is 2. The van der Waals surface area contributed by atoms with E-state index < -0.39 is 5.91 Å². The molecule has 1 aromatic heterocycles. The molecular weight excluding hydrogens is 238 g/mol. The summed E-state index contributed by atoms with van der Waals surface area (Å²) >= 11 is 0. The Morgan fingerprint density at radius 1 is 1.61 bits per heavy atom. The summed E-state index contributed by atoms with van der Waals surface area (Å²) in [6, 6.07) is -0.185. The highest BCUT2D eigenvalue weighted by Crippen LogP contribution is 2.10. The highest BCUT2D eigenvalue weighted by atomic mass is 16.6. The number of hydrogen-bond donors (Lipinski definition) is 2. The zero-order chi connectivity index (χ0) is 13.1. The quantitative estimate of drug-likeness (QED) is 0.740. The number of hydrogen-bond acceptors (Lipinski definition) is 6. The topological polar surface area (TPSA) is 114 Å². The highest BCUT2D eigenvalue weighted by Gasteiger charge is 2.24. The summed E-state index contributed by atoms with van der Waals surface area (Å²) in [6.07, 6.45) is 1.46. The second kappa shape index (κ2) is 5.03. The van der Waals surface area contributed by atoms with Crippen LogP contribution >= 0.6 is 0 Å². The van der Waals surface area contributed by atoms with Crippen LogP contribution in [0.2, 0.25) is 0 Å². The van der Waals surface area contributed by atoms with Crippen molar-refractivity contribution >= 4 is 17.6 Å². The lowest BCUT2D eigenvalue weighted by Gasteiger charge is -2.21. The summed E-state index contributed by atoms with van der Waals surface area (Å²) in [5.41, 5.74) is 5.38. The zero-order valence-electron chi connectivity index (χ0n) is 10.0. The fourth-order valence-corrected chi connectivity index (χ4v) is 1.92. The van der Waals surface area contributed by atoms with E-state index in [-0.39, 0.29) is 23.5 Å². The first-order valence-corrected chi connectivity index (χ1v) is 5.74. The molecule has 18 heavy (non-hydrogen) atoms. The van der Waals surface area contributed by atoms with Crippen molar-refractivity contribution in [2.45, 2.75) is 25.8 Å². The lowest BCUT2D eigenvalue weighted by atomic mass is 10.3.